The van der Waals surface area contributed by atoms with Crippen LogP contribution in [0.4, 0.5) is 4.39 Å². The van der Waals surface area contributed by atoms with Crippen molar-refractivity contribution >= 4 is 10.1 Å². The van der Waals surface area contributed by atoms with E-state index in [4.69, 9.17) is 4.55 Å². The Bertz CT molecular complexity index is 306. The van der Waals surface area contributed by atoms with Crippen molar-refractivity contribution < 1.29 is 17.4 Å². The molecule has 0 atom stereocenters. The standard InChI is InChI=1S/C8H16N2.CH3FO3S/c1-3-4-5-10-7-6-9(2)8-10;2-1-6(3,4)5/h6-7H,3-5,8H2,1-2H3;1H2,(H,3,4,5). The van der Waals surface area contributed by atoms with Crippen LogP contribution in [-0.4, -0.2) is 49.0 Å². The maximum atomic E-state index is 10.7. The minimum atomic E-state index is -4.33. The first-order valence-corrected chi connectivity index (χ1v) is 6.63. The summed E-state index contributed by atoms with van der Waals surface area (Å²) >= 11 is 0. The highest BCUT2D eigenvalue weighted by atomic mass is 32.2. The molecule has 7 heteroatoms. The molecule has 96 valence electrons. The summed E-state index contributed by atoms with van der Waals surface area (Å²) in [6.45, 7) is 4.50. The second-order valence-corrected chi connectivity index (χ2v) is 4.94. The molecule has 0 aromatic heterocycles. The van der Waals surface area contributed by atoms with Crippen LogP contribution in [0.25, 0.3) is 0 Å². The lowest BCUT2D eigenvalue weighted by Gasteiger charge is -2.17. The predicted molar refractivity (Wildman–Crippen MR) is 60.9 cm³/mol. The maximum absolute atomic E-state index is 10.7. The van der Waals surface area contributed by atoms with Gasteiger partial charge in [0.05, 0.1) is 6.67 Å². The van der Waals surface area contributed by atoms with Crippen molar-refractivity contribution in [3.05, 3.63) is 12.4 Å². The Morgan fingerprint density at radius 2 is 2.00 bits per heavy atom. The number of hydrogen-bond donors (Lipinski definition) is 1. The Morgan fingerprint density at radius 1 is 1.44 bits per heavy atom. The van der Waals surface area contributed by atoms with Gasteiger partial charge in [0.1, 0.15) is 0 Å². The molecule has 0 saturated heterocycles. The number of alkyl halides is 1. The minimum Gasteiger partial charge on any atom is -0.362 e. The number of nitrogens with zero attached hydrogens (tertiary/aromatic N) is 2. The second kappa shape index (κ2) is 7.45. The lowest BCUT2D eigenvalue weighted by Crippen LogP contribution is -2.23. The number of halogens is 1. The van der Waals surface area contributed by atoms with E-state index in [9.17, 15) is 12.8 Å². The predicted octanol–water partition coefficient (Wildman–Crippen LogP) is 1.26. The van der Waals surface area contributed by atoms with E-state index in [-0.39, 0.29) is 0 Å². The molecule has 0 saturated carbocycles. The van der Waals surface area contributed by atoms with Crippen LogP contribution < -0.4 is 0 Å². The summed E-state index contributed by atoms with van der Waals surface area (Å²) in [7, 11) is -2.23. The van der Waals surface area contributed by atoms with Gasteiger partial charge in [-0.15, -0.1) is 0 Å². The normalized spacial score (nSPS) is 15.0. The topological polar surface area (TPSA) is 60.9 Å². The summed E-state index contributed by atoms with van der Waals surface area (Å²) in [6.07, 6.45) is 6.87. The molecule has 0 unspecified atom stereocenters. The summed E-state index contributed by atoms with van der Waals surface area (Å²) in [4.78, 5) is 4.53. The molecule has 0 radical (unpaired) electrons. The van der Waals surface area contributed by atoms with E-state index in [2.05, 4.69) is 36.2 Å². The Morgan fingerprint density at radius 3 is 2.31 bits per heavy atom. The van der Waals surface area contributed by atoms with Gasteiger partial charge in [-0.25, -0.2) is 4.39 Å². The molecule has 0 aromatic carbocycles. The van der Waals surface area contributed by atoms with E-state index < -0.39 is 16.1 Å². The van der Waals surface area contributed by atoms with Crippen LogP contribution in [-0.2, 0) is 10.1 Å². The molecule has 1 aliphatic heterocycles. The molecule has 0 fully saturated rings. The van der Waals surface area contributed by atoms with E-state index in [0.29, 0.717) is 0 Å². The van der Waals surface area contributed by atoms with Gasteiger partial charge < -0.3 is 9.80 Å². The molecule has 16 heavy (non-hydrogen) atoms. The average Bonchev–Trinajstić information content (AvgIpc) is 2.61. The van der Waals surface area contributed by atoms with Crippen molar-refractivity contribution in [3.8, 4) is 0 Å². The summed E-state index contributed by atoms with van der Waals surface area (Å²) in [5.41, 5.74) is 0. The smallest absolute Gasteiger partial charge is 0.294 e. The fraction of sp³-hybridized carbons (Fsp3) is 0.778. The molecule has 1 aliphatic rings. The van der Waals surface area contributed by atoms with Crippen LogP contribution in [0.3, 0.4) is 0 Å². The van der Waals surface area contributed by atoms with Crippen LogP contribution in [0.15, 0.2) is 12.4 Å². The lowest BCUT2D eigenvalue weighted by molar-refractivity contribution is 0.293. The largest absolute Gasteiger partial charge is 0.362 e. The highest BCUT2D eigenvalue weighted by Crippen LogP contribution is 2.04. The third-order valence-electron chi connectivity index (χ3n) is 1.87. The van der Waals surface area contributed by atoms with Crippen molar-refractivity contribution in [2.75, 3.05) is 26.3 Å². The molecule has 1 rings (SSSR count). The Balaban J connectivity index is 0.000000325. The molecular weight excluding hydrogens is 235 g/mol. The SMILES string of the molecule is CCCCN1C=CN(C)C1.O=S(=O)(O)CF. The highest BCUT2D eigenvalue weighted by Gasteiger charge is 2.05. The molecule has 1 N–H and O–H groups in total. The van der Waals surface area contributed by atoms with Gasteiger partial charge in [0.2, 0.25) is 6.01 Å². The van der Waals surface area contributed by atoms with Crippen LogP contribution in [0, 0.1) is 0 Å². The van der Waals surface area contributed by atoms with E-state index in [1.54, 1.807) is 0 Å². The van der Waals surface area contributed by atoms with E-state index in [1.165, 1.54) is 19.4 Å². The van der Waals surface area contributed by atoms with Crippen molar-refractivity contribution in [2.24, 2.45) is 0 Å². The minimum absolute atomic E-state index is 1.07. The lowest BCUT2D eigenvalue weighted by atomic mass is 10.3. The first-order chi connectivity index (χ1) is 7.39. The number of rotatable bonds is 4. The molecule has 1 heterocycles. The van der Waals surface area contributed by atoms with Crippen LogP contribution in [0.5, 0.6) is 0 Å². The molecule has 5 nitrogen and oxygen atoms in total. The van der Waals surface area contributed by atoms with Crippen molar-refractivity contribution in [1.82, 2.24) is 9.80 Å². The number of hydrogen-bond acceptors (Lipinski definition) is 4. The summed E-state index contributed by atoms with van der Waals surface area (Å²) in [5, 5.41) is 0. The fourth-order valence-corrected chi connectivity index (χ4v) is 1.10. The molecule has 0 spiro atoms. The van der Waals surface area contributed by atoms with Crippen molar-refractivity contribution in [3.63, 3.8) is 0 Å². The Hall–Kier alpha value is -0.820. The van der Waals surface area contributed by atoms with Gasteiger partial charge in [-0.2, -0.15) is 8.42 Å². The van der Waals surface area contributed by atoms with Gasteiger partial charge in [-0.3, -0.25) is 4.55 Å². The van der Waals surface area contributed by atoms with Gasteiger partial charge in [-0.05, 0) is 6.42 Å². The van der Waals surface area contributed by atoms with Crippen molar-refractivity contribution in [1.29, 1.82) is 0 Å². The van der Waals surface area contributed by atoms with Gasteiger partial charge in [0.25, 0.3) is 10.1 Å². The molecule has 0 aromatic rings. The number of unbranched alkanes of at least 4 members (excludes halogenated alkanes) is 1. The fourth-order valence-electron chi connectivity index (χ4n) is 1.10. The van der Waals surface area contributed by atoms with E-state index in [1.807, 2.05) is 0 Å². The van der Waals surface area contributed by atoms with Crippen molar-refractivity contribution in [2.45, 2.75) is 19.8 Å². The van der Waals surface area contributed by atoms with Crippen LogP contribution >= 0.6 is 0 Å². The summed E-state index contributed by atoms with van der Waals surface area (Å²) in [6, 6.07) is -1.70. The van der Waals surface area contributed by atoms with Gasteiger partial charge >= 0.3 is 0 Å². The van der Waals surface area contributed by atoms with Gasteiger partial charge in [-0.1, -0.05) is 13.3 Å². The third kappa shape index (κ3) is 8.49. The quantitative estimate of drug-likeness (QED) is 0.765. The maximum Gasteiger partial charge on any atom is 0.294 e. The molecule has 0 amide bonds. The zero-order valence-electron chi connectivity index (χ0n) is 9.63. The summed E-state index contributed by atoms with van der Waals surface area (Å²) < 4.78 is 36.4. The van der Waals surface area contributed by atoms with Gasteiger partial charge in [0.15, 0.2) is 0 Å². The monoisotopic (exact) mass is 254 g/mol. The Labute approximate surface area is 96.3 Å². The first-order valence-electron chi connectivity index (χ1n) is 5.02. The highest BCUT2D eigenvalue weighted by molar-refractivity contribution is 7.85. The van der Waals surface area contributed by atoms with E-state index >= 15 is 0 Å². The van der Waals surface area contributed by atoms with Crippen LogP contribution in [0.1, 0.15) is 19.8 Å². The van der Waals surface area contributed by atoms with E-state index in [0.717, 1.165) is 6.67 Å². The summed E-state index contributed by atoms with van der Waals surface area (Å²) in [5.74, 6) is 0. The third-order valence-corrected chi connectivity index (χ3v) is 2.15. The zero-order chi connectivity index (χ0) is 12.6. The average molecular weight is 254 g/mol. The second-order valence-electron chi connectivity index (χ2n) is 3.55. The first kappa shape index (κ1) is 15.2. The van der Waals surface area contributed by atoms with Crippen LogP contribution in [0.2, 0.25) is 0 Å². The molecule has 0 aliphatic carbocycles. The molecular formula is C9H19FN2O3S. The molecule has 0 bridgehead atoms. The van der Waals surface area contributed by atoms with Gasteiger partial charge in [0, 0.05) is 26.0 Å². The zero-order valence-corrected chi connectivity index (χ0v) is 10.5. The Kier molecular flexibility index (Phi) is 7.07.